The maximum atomic E-state index is 4.97. The lowest BCUT2D eigenvalue weighted by atomic mass is 10.1. The lowest BCUT2D eigenvalue weighted by Crippen LogP contribution is -2.07. The van der Waals surface area contributed by atoms with Gasteiger partial charge in [-0.15, -0.1) is 11.8 Å². The number of ether oxygens (including phenoxy) is 1. The number of rotatable bonds is 3. The summed E-state index contributed by atoms with van der Waals surface area (Å²) in [5.74, 6) is 0. The lowest BCUT2D eigenvalue weighted by Gasteiger charge is -2.19. The third-order valence-electron chi connectivity index (χ3n) is 2.32. The molecule has 0 spiro atoms. The minimum Gasteiger partial charge on any atom is -0.467 e. The van der Waals surface area contributed by atoms with Gasteiger partial charge in [0.1, 0.15) is 0 Å². The fourth-order valence-corrected chi connectivity index (χ4v) is 2.65. The average molecular weight is 275 g/mol. The third kappa shape index (κ3) is 3.67. The van der Waals surface area contributed by atoms with E-state index in [4.69, 9.17) is 4.74 Å². The highest BCUT2D eigenvalue weighted by atomic mass is 32.2. The zero-order valence-electron chi connectivity index (χ0n) is 11.5. The second kappa shape index (κ2) is 5.57. The normalized spacial score (nSPS) is 11.4. The number of thioether (sulfide) groups is 1. The van der Waals surface area contributed by atoms with Crippen molar-refractivity contribution >= 4 is 11.8 Å². The van der Waals surface area contributed by atoms with Gasteiger partial charge in [-0.05, 0) is 6.07 Å². The van der Waals surface area contributed by atoms with E-state index in [-0.39, 0.29) is 4.75 Å². The molecule has 4 nitrogen and oxygen atoms in total. The monoisotopic (exact) mass is 275 g/mol. The van der Waals surface area contributed by atoms with Crippen molar-refractivity contribution in [3.63, 3.8) is 0 Å². The Hall–Kier alpha value is -1.62. The Morgan fingerprint density at radius 3 is 2.37 bits per heavy atom. The SMILES string of the molecule is COc1ncc(-c2cnccc2SC(C)(C)C)cn1. The molecule has 0 fully saturated rings. The van der Waals surface area contributed by atoms with Gasteiger partial charge in [0.25, 0.3) is 0 Å². The van der Waals surface area contributed by atoms with Crippen LogP contribution in [0.25, 0.3) is 11.1 Å². The van der Waals surface area contributed by atoms with Gasteiger partial charge in [-0.3, -0.25) is 4.98 Å². The van der Waals surface area contributed by atoms with E-state index in [0.29, 0.717) is 6.01 Å². The van der Waals surface area contributed by atoms with Crippen LogP contribution in [-0.4, -0.2) is 26.8 Å². The minimum atomic E-state index is 0.142. The standard InChI is InChI=1S/C14H17N3OS/c1-14(2,3)19-12-5-6-15-9-11(12)10-7-16-13(18-4)17-8-10/h5-9H,1-4H3. The predicted molar refractivity (Wildman–Crippen MR) is 77.4 cm³/mol. The third-order valence-corrected chi connectivity index (χ3v) is 3.51. The number of methoxy groups -OCH3 is 1. The molecule has 0 radical (unpaired) electrons. The summed E-state index contributed by atoms with van der Waals surface area (Å²) in [4.78, 5) is 13.7. The van der Waals surface area contributed by atoms with Gasteiger partial charge < -0.3 is 4.74 Å². The number of hydrogen-bond donors (Lipinski definition) is 0. The van der Waals surface area contributed by atoms with E-state index >= 15 is 0 Å². The van der Waals surface area contributed by atoms with Crippen molar-refractivity contribution in [1.29, 1.82) is 0 Å². The van der Waals surface area contributed by atoms with Crippen molar-refractivity contribution in [3.05, 3.63) is 30.9 Å². The first-order valence-electron chi connectivity index (χ1n) is 5.99. The van der Waals surface area contributed by atoms with Gasteiger partial charge in [0.15, 0.2) is 0 Å². The summed E-state index contributed by atoms with van der Waals surface area (Å²) in [6.45, 7) is 6.56. The smallest absolute Gasteiger partial charge is 0.316 e. The molecule has 2 rings (SSSR count). The maximum absolute atomic E-state index is 4.97. The molecule has 0 bridgehead atoms. The van der Waals surface area contributed by atoms with Gasteiger partial charge in [0.2, 0.25) is 0 Å². The molecule has 0 saturated heterocycles. The molecule has 5 heteroatoms. The van der Waals surface area contributed by atoms with E-state index in [1.807, 2.05) is 18.5 Å². The fourth-order valence-electron chi connectivity index (χ4n) is 1.58. The molecule has 2 aromatic rings. The summed E-state index contributed by atoms with van der Waals surface area (Å²) in [5, 5.41) is 0. The summed E-state index contributed by atoms with van der Waals surface area (Å²) in [7, 11) is 1.56. The summed E-state index contributed by atoms with van der Waals surface area (Å²) < 4.78 is 5.12. The van der Waals surface area contributed by atoms with E-state index in [2.05, 4.69) is 35.7 Å². The van der Waals surface area contributed by atoms with Crippen molar-refractivity contribution < 1.29 is 4.74 Å². The summed E-state index contributed by atoms with van der Waals surface area (Å²) in [5.41, 5.74) is 1.99. The maximum Gasteiger partial charge on any atom is 0.316 e. The molecule has 19 heavy (non-hydrogen) atoms. The number of aromatic nitrogens is 3. The van der Waals surface area contributed by atoms with Crippen LogP contribution in [0.4, 0.5) is 0 Å². The Morgan fingerprint density at radius 2 is 1.79 bits per heavy atom. The van der Waals surface area contributed by atoms with Crippen molar-refractivity contribution in [2.24, 2.45) is 0 Å². The van der Waals surface area contributed by atoms with Gasteiger partial charge in [0.05, 0.1) is 7.11 Å². The van der Waals surface area contributed by atoms with Crippen LogP contribution >= 0.6 is 11.8 Å². The minimum absolute atomic E-state index is 0.142. The molecule has 2 heterocycles. The van der Waals surface area contributed by atoms with Crippen molar-refractivity contribution in [1.82, 2.24) is 15.0 Å². The number of pyridine rings is 1. The Balaban J connectivity index is 2.38. The molecule has 0 saturated carbocycles. The van der Waals surface area contributed by atoms with E-state index in [0.717, 1.165) is 11.1 Å². The highest BCUT2D eigenvalue weighted by Crippen LogP contribution is 2.37. The van der Waals surface area contributed by atoms with Gasteiger partial charge in [0, 0.05) is 45.6 Å². The van der Waals surface area contributed by atoms with Crippen LogP contribution in [0.15, 0.2) is 35.7 Å². The van der Waals surface area contributed by atoms with E-state index in [9.17, 15) is 0 Å². The van der Waals surface area contributed by atoms with E-state index in [1.54, 1.807) is 31.3 Å². The van der Waals surface area contributed by atoms with E-state index < -0.39 is 0 Å². The Labute approximate surface area is 117 Å². The van der Waals surface area contributed by atoms with Crippen molar-refractivity contribution in [2.75, 3.05) is 7.11 Å². The largest absolute Gasteiger partial charge is 0.467 e. The number of hydrogen-bond acceptors (Lipinski definition) is 5. The molecule has 0 aliphatic carbocycles. The molecule has 0 unspecified atom stereocenters. The first kappa shape index (κ1) is 13.8. The van der Waals surface area contributed by atoms with Gasteiger partial charge >= 0.3 is 6.01 Å². The molecule has 0 aromatic carbocycles. The molecular weight excluding hydrogens is 258 g/mol. The van der Waals surface area contributed by atoms with Crippen LogP contribution in [0.3, 0.4) is 0 Å². The molecule has 100 valence electrons. The van der Waals surface area contributed by atoms with Gasteiger partial charge in [-0.1, -0.05) is 20.8 Å². The van der Waals surface area contributed by atoms with Crippen LogP contribution in [-0.2, 0) is 0 Å². The Kier molecular flexibility index (Phi) is 4.04. The average Bonchev–Trinajstić information content (AvgIpc) is 2.38. The van der Waals surface area contributed by atoms with Gasteiger partial charge in [-0.25, -0.2) is 9.97 Å². The quantitative estimate of drug-likeness (QED) is 0.803. The zero-order chi connectivity index (χ0) is 13.9. The number of nitrogens with zero attached hydrogens (tertiary/aromatic N) is 3. The molecule has 0 atom stereocenters. The predicted octanol–water partition coefficient (Wildman–Crippen LogP) is 3.44. The lowest BCUT2D eigenvalue weighted by molar-refractivity contribution is 0.380. The van der Waals surface area contributed by atoms with Crippen molar-refractivity contribution in [2.45, 2.75) is 30.4 Å². The molecular formula is C14H17N3OS. The van der Waals surface area contributed by atoms with Crippen molar-refractivity contribution in [3.8, 4) is 17.1 Å². The molecule has 0 amide bonds. The van der Waals surface area contributed by atoms with Gasteiger partial charge in [-0.2, -0.15) is 0 Å². The molecule has 0 aliphatic rings. The first-order valence-corrected chi connectivity index (χ1v) is 6.81. The highest BCUT2D eigenvalue weighted by molar-refractivity contribution is 8.00. The second-order valence-corrected chi connectivity index (χ2v) is 6.91. The fraction of sp³-hybridized carbons (Fsp3) is 0.357. The summed E-state index contributed by atoms with van der Waals surface area (Å²) in [6, 6.07) is 2.40. The summed E-state index contributed by atoms with van der Waals surface area (Å²) in [6.07, 6.45) is 7.17. The Morgan fingerprint density at radius 1 is 1.11 bits per heavy atom. The second-order valence-electron chi connectivity index (χ2n) is 5.04. The zero-order valence-corrected chi connectivity index (χ0v) is 12.4. The highest BCUT2D eigenvalue weighted by Gasteiger charge is 2.16. The van der Waals surface area contributed by atoms with Crippen LogP contribution in [0, 0.1) is 0 Å². The van der Waals surface area contributed by atoms with Crippen LogP contribution in [0.2, 0.25) is 0 Å². The topological polar surface area (TPSA) is 47.9 Å². The van der Waals surface area contributed by atoms with Crippen LogP contribution in [0.1, 0.15) is 20.8 Å². The molecule has 0 N–H and O–H groups in total. The van der Waals surface area contributed by atoms with E-state index in [1.165, 1.54) is 4.90 Å². The van der Waals surface area contributed by atoms with Crippen LogP contribution in [0.5, 0.6) is 6.01 Å². The first-order chi connectivity index (χ1) is 8.99. The molecule has 0 aliphatic heterocycles. The molecule has 2 aromatic heterocycles. The summed E-state index contributed by atoms with van der Waals surface area (Å²) >= 11 is 1.81. The Bertz CT molecular complexity index is 549. The van der Waals surface area contributed by atoms with Crippen LogP contribution < -0.4 is 4.74 Å².